The minimum atomic E-state index is -4.48. The average Bonchev–Trinajstić information content (AvgIpc) is 3.27. The second-order valence-corrected chi connectivity index (χ2v) is 7.48. The van der Waals surface area contributed by atoms with Crippen molar-refractivity contribution in [1.82, 2.24) is 10.6 Å². The molecule has 0 unspecified atom stereocenters. The zero-order valence-corrected chi connectivity index (χ0v) is 17.5. The van der Waals surface area contributed by atoms with Gasteiger partial charge in [0.2, 0.25) is 5.91 Å². The standard InChI is InChI=1S/C23H21F3N4O3/c1-15(12-27)20(31)30-22(10-11-33-14-22)21(32)28-13-16-6-8-17(9-7-16)29-19-5-3-2-4-18(19)23(24,25)26/h2-9,29H,1,10-11,13-14H2,(H,28,32)(H,30,31)/t22-/m0/s1. The highest BCUT2D eigenvalue weighted by Gasteiger charge is 2.43. The number of benzene rings is 2. The van der Waals surface area contributed by atoms with E-state index in [0.29, 0.717) is 11.3 Å². The number of anilines is 2. The molecule has 3 N–H and O–H groups in total. The predicted molar refractivity (Wildman–Crippen MR) is 114 cm³/mol. The molecule has 7 nitrogen and oxygen atoms in total. The fourth-order valence-corrected chi connectivity index (χ4v) is 3.30. The second-order valence-electron chi connectivity index (χ2n) is 7.48. The van der Waals surface area contributed by atoms with Gasteiger partial charge >= 0.3 is 6.18 Å². The van der Waals surface area contributed by atoms with Crippen molar-refractivity contribution in [3.05, 3.63) is 71.8 Å². The molecule has 0 saturated carbocycles. The molecule has 1 aliphatic heterocycles. The molecule has 0 aliphatic carbocycles. The van der Waals surface area contributed by atoms with Gasteiger partial charge in [-0.3, -0.25) is 9.59 Å². The maximum atomic E-state index is 13.2. The van der Waals surface area contributed by atoms with Crippen LogP contribution in [-0.4, -0.2) is 30.6 Å². The summed E-state index contributed by atoms with van der Waals surface area (Å²) in [5.74, 6) is -1.21. The molecule has 10 heteroatoms. The number of hydrogen-bond donors (Lipinski definition) is 3. The van der Waals surface area contributed by atoms with Crippen LogP contribution in [0.5, 0.6) is 0 Å². The van der Waals surface area contributed by atoms with E-state index >= 15 is 0 Å². The number of amides is 2. The van der Waals surface area contributed by atoms with E-state index in [1.807, 2.05) is 0 Å². The molecule has 0 bridgehead atoms. The minimum Gasteiger partial charge on any atom is -0.378 e. The number of halogens is 3. The predicted octanol–water partition coefficient (Wildman–Crippen LogP) is 3.42. The van der Waals surface area contributed by atoms with Crippen molar-refractivity contribution in [2.45, 2.75) is 24.7 Å². The topological polar surface area (TPSA) is 103 Å². The van der Waals surface area contributed by atoms with Gasteiger partial charge in [0, 0.05) is 25.3 Å². The number of alkyl halides is 3. The van der Waals surface area contributed by atoms with Crippen molar-refractivity contribution in [2.75, 3.05) is 18.5 Å². The van der Waals surface area contributed by atoms with E-state index in [1.54, 1.807) is 30.3 Å². The molecule has 2 aromatic rings. The summed E-state index contributed by atoms with van der Waals surface area (Å²) in [6, 6.07) is 13.3. The van der Waals surface area contributed by atoms with Gasteiger partial charge < -0.3 is 20.7 Å². The molecule has 1 fully saturated rings. The van der Waals surface area contributed by atoms with E-state index in [2.05, 4.69) is 22.5 Å². The Hall–Kier alpha value is -3.84. The van der Waals surface area contributed by atoms with Crippen molar-refractivity contribution in [3.8, 4) is 6.07 Å². The van der Waals surface area contributed by atoms with Gasteiger partial charge in [-0.05, 0) is 29.8 Å². The second kappa shape index (κ2) is 9.75. The zero-order valence-electron chi connectivity index (χ0n) is 17.5. The lowest BCUT2D eigenvalue weighted by Gasteiger charge is -2.27. The molecule has 0 aromatic heterocycles. The zero-order chi connectivity index (χ0) is 24.1. The molecule has 1 aliphatic rings. The maximum Gasteiger partial charge on any atom is 0.418 e. The van der Waals surface area contributed by atoms with Gasteiger partial charge in [0.15, 0.2) is 0 Å². The summed E-state index contributed by atoms with van der Waals surface area (Å²) in [5, 5.41) is 16.8. The Morgan fingerprint density at radius 3 is 2.45 bits per heavy atom. The highest BCUT2D eigenvalue weighted by atomic mass is 19.4. The van der Waals surface area contributed by atoms with Crippen LogP contribution in [-0.2, 0) is 27.0 Å². The summed E-state index contributed by atoms with van der Waals surface area (Å²) in [5.41, 5.74) is -1.32. The lowest BCUT2D eigenvalue weighted by molar-refractivity contribution is -0.137. The molecule has 1 atom stereocenters. The van der Waals surface area contributed by atoms with E-state index in [4.69, 9.17) is 10.00 Å². The fraction of sp³-hybridized carbons (Fsp3) is 0.261. The molecule has 172 valence electrons. The van der Waals surface area contributed by atoms with E-state index in [1.165, 1.54) is 18.2 Å². The molecule has 1 saturated heterocycles. The number of carbonyl (C=O) groups excluding carboxylic acids is 2. The van der Waals surface area contributed by atoms with Crippen LogP contribution in [0.2, 0.25) is 0 Å². The van der Waals surface area contributed by atoms with Gasteiger partial charge in [-0.2, -0.15) is 18.4 Å². The van der Waals surface area contributed by atoms with Crippen LogP contribution < -0.4 is 16.0 Å². The Morgan fingerprint density at radius 2 is 1.85 bits per heavy atom. The number of hydrogen-bond acceptors (Lipinski definition) is 5. The third-order valence-corrected chi connectivity index (χ3v) is 5.14. The van der Waals surface area contributed by atoms with Gasteiger partial charge in [0.1, 0.15) is 17.2 Å². The number of nitriles is 1. The quantitative estimate of drug-likeness (QED) is 0.436. The molecule has 2 aromatic carbocycles. The molecular formula is C23H21F3N4O3. The first-order valence-electron chi connectivity index (χ1n) is 9.94. The summed E-state index contributed by atoms with van der Waals surface area (Å²) in [6.45, 7) is 3.70. The first kappa shape index (κ1) is 23.8. The Bertz CT molecular complexity index is 1090. The Balaban J connectivity index is 1.64. The minimum absolute atomic E-state index is 0.0370. The van der Waals surface area contributed by atoms with Gasteiger partial charge in [0.05, 0.1) is 17.9 Å². The smallest absolute Gasteiger partial charge is 0.378 e. The van der Waals surface area contributed by atoms with Crippen LogP contribution in [0, 0.1) is 11.3 Å². The van der Waals surface area contributed by atoms with Crippen LogP contribution in [0.3, 0.4) is 0 Å². The Morgan fingerprint density at radius 1 is 1.15 bits per heavy atom. The Kier molecular flexibility index (Phi) is 7.04. The fourth-order valence-electron chi connectivity index (χ4n) is 3.30. The SMILES string of the molecule is C=C(C#N)C(=O)N[C@@]1(C(=O)NCc2ccc(Nc3ccccc3C(F)(F)F)cc2)CCOC1. The number of para-hydroxylation sites is 1. The average molecular weight is 458 g/mol. The molecule has 2 amide bonds. The van der Waals surface area contributed by atoms with Gasteiger partial charge in [-0.1, -0.05) is 30.8 Å². The molecular weight excluding hydrogens is 437 g/mol. The lowest BCUT2D eigenvalue weighted by atomic mass is 9.96. The van der Waals surface area contributed by atoms with Crippen LogP contribution in [0.25, 0.3) is 0 Å². The monoisotopic (exact) mass is 458 g/mol. The van der Waals surface area contributed by atoms with Crippen molar-refractivity contribution in [3.63, 3.8) is 0 Å². The summed E-state index contributed by atoms with van der Waals surface area (Å²) in [4.78, 5) is 24.8. The number of ether oxygens (including phenoxy) is 1. The summed E-state index contributed by atoms with van der Waals surface area (Å²) in [7, 11) is 0. The number of nitrogens with zero attached hydrogens (tertiary/aromatic N) is 1. The third kappa shape index (κ3) is 5.70. The number of nitrogens with one attached hydrogen (secondary N) is 3. The lowest BCUT2D eigenvalue weighted by Crippen LogP contribution is -2.59. The Labute approximate surface area is 188 Å². The highest BCUT2D eigenvalue weighted by Crippen LogP contribution is 2.35. The molecule has 33 heavy (non-hydrogen) atoms. The molecule has 0 radical (unpaired) electrons. The van der Waals surface area contributed by atoms with Gasteiger partial charge in [0.25, 0.3) is 5.91 Å². The highest BCUT2D eigenvalue weighted by molar-refractivity contribution is 6.01. The summed E-state index contributed by atoms with van der Waals surface area (Å²) >= 11 is 0. The van der Waals surface area contributed by atoms with E-state index in [-0.39, 0.29) is 37.4 Å². The van der Waals surface area contributed by atoms with E-state index < -0.39 is 29.1 Å². The van der Waals surface area contributed by atoms with E-state index in [0.717, 1.165) is 6.07 Å². The van der Waals surface area contributed by atoms with Gasteiger partial charge in [-0.25, -0.2) is 0 Å². The van der Waals surface area contributed by atoms with Crippen LogP contribution in [0.1, 0.15) is 17.5 Å². The molecule has 1 heterocycles. The van der Waals surface area contributed by atoms with Crippen molar-refractivity contribution in [2.24, 2.45) is 0 Å². The van der Waals surface area contributed by atoms with Crippen LogP contribution in [0.15, 0.2) is 60.7 Å². The van der Waals surface area contributed by atoms with Gasteiger partial charge in [-0.15, -0.1) is 0 Å². The van der Waals surface area contributed by atoms with Crippen LogP contribution >= 0.6 is 0 Å². The van der Waals surface area contributed by atoms with Crippen molar-refractivity contribution in [1.29, 1.82) is 5.26 Å². The number of rotatable bonds is 7. The van der Waals surface area contributed by atoms with Crippen molar-refractivity contribution < 1.29 is 27.5 Å². The summed E-state index contributed by atoms with van der Waals surface area (Å²) in [6.07, 6.45) is -4.24. The largest absolute Gasteiger partial charge is 0.418 e. The van der Waals surface area contributed by atoms with Crippen LogP contribution in [0.4, 0.5) is 24.5 Å². The normalized spacial score (nSPS) is 17.6. The summed E-state index contributed by atoms with van der Waals surface area (Å²) < 4.78 is 44.8. The van der Waals surface area contributed by atoms with E-state index in [9.17, 15) is 22.8 Å². The molecule has 0 spiro atoms. The third-order valence-electron chi connectivity index (χ3n) is 5.14. The number of carbonyl (C=O) groups is 2. The molecule has 3 rings (SSSR count). The maximum absolute atomic E-state index is 13.2. The first-order chi connectivity index (χ1) is 15.6. The first-order valence-corrected chi connectivity index (χ1v) is 9.94. The van der Waals surface area contributed by atoms with Crippen molar-refractivity contribution >= 4 is 23.2 Å².